The fraction of sp³-hybridized carbons (Fsp3) is 0.429. The summed E-state index contributed by atoms with van der Waals surface area (Å²) in [6.07, 6.45) is 2.25. The summed E-state index contributed by atoms with van der Waals surface area (Å²) in [5, 5.41) is 11.2. The van der Waals surface area contributed by atoms with Crippen molar-refractivity contribution in [3.63, 3.8) is 0 Å². The van der Waals surface area contributed by atoms with Gasteiger partial charge in [0.15, 0.2) is 0 Å². The molecule has 2 aromatic carbocycles. The average Bonchev–Trinajstić information content (AvgIpc) is 2.63. The van der Waals surface area contributed by atoms with Crippen molar-refractivity contribution < 1.29 is 5.11 Å². The lowest BCUT2D eigenvalue weighted by Gasteiger charge is -2.50. The van der Waals surface area contributed by atoms with E-state index in [1.807, 2.05) is 0 Å². The molecule has 5 rings (SSSR count). The highest BCUT2D eigenvalue weighted by atomic mass is 16.3. The van der Waals surface area contributed by atoms with Crippen LogP contribution in [0.25, 0.3) is 0 Å². The van der Waals surface area contributed by atoms with Crippen molar-refractivity contribution in [3.8, 4) is 0 Å². The number of hydrogen-bond donors (Lipinski definition) is 1. The van der Waals surface area contributed by atoms with E-state index in [2.05, 4.69) is 66.4 Å². The molecule has 3 aliphatic rings. The zero-order valence-electron chi connectivity index (χ0n) is 13.8. The third kappa shape index (κ3) is 2.60. The SMILES string of the molecule is CC(c1ccccc1)c1ccc(C2(O)CN3CCC2CC3)cc1. The third-order valence-electron chi connectivity index (χ3n) is 5.94. The number of benzene rings is 2. The molecule has 0 aliphatic carbocycles. The molecule has 2 unspecified atom stereocenters. The molecule has 1 N–H and O–H groups in total. The van der Waals surface area contributed by atoms with Gasteiger partial charge in [0, 0.05) is 12.5 Å². The molecule has 2 aromatic rings. The van der Waals surface area contributed by atoms with Gasteiger partial charge in [-0.1, -0.05) is 61.5 Å². The van der Waals surface area contributed by atoms with Gasteiger partial charge in [0.25, 0.3) is 0 Å². The molecule has 2 heteroatoms. The smallest absolute Gasteiger partial charge is 0.105 e. The van der Waals surface area contributed by atoms with E-state index in [4.69, 9.17) is 0 Å². The lowest BCUT2D eigenvalue weighted by atomic mass is 9.71. The number of piperidine rings is 3. The van der Waals surface area contributed by atoms with Crippen LogP contribution in [-0.4, -0.2) is 29.6 Å². The predicted molar refractivity (Wildman–Crippen MR) is 93.5 cm³/mol. The summed E-state index contributed by atoms with van der Waals surface area (Å²) in [6.45, 7) is 5.34. The van der Waals surface area contributed by atoms with Crippen LogP contribution < -0.4 is 0 Å². The molecule has 3 heterocycles. The molecule has 0 radical (unpaired) electrons. The molecular formula is C21H25NO. The van der Waals surface area contributed by atoms with Gasteiger partial charge in [0.1, 0.15) is 5.60 Å². The van der Waals surface area contributed by atoms with Crippen molar-refractivity contribution in [1.82, 2.24) is 4.90 Å². The van der Waals surface area contributed by atoms with Gasteiger partial charge in [0.2, 0.25) is 0 Å². The minimum Gasteiger partial charge on any atom is -0.384 e. The van der Waals surface area contributed by atoms with Gasteiger partial charge in [-0.25, -0.2) is 0 Å². The Balaban J connectivity index is 1.59. The van der Waals surface area contributed by atoms with Crippen molar-refractivity contribution in [2.75, 3.05) is 19.6 Å². The zero-order valence-corrected chi connectivity index (χ0v) is 13.8. The van der Waals surface area contributed by atoms with Crippen molar-refractivity contribution >= 4 is 0 Å². The molecule has 3 aliphatic heterocycles. The van der Waals surface area contributed by atoms with Crippen LogP contribution in [0, 0.1) is 5.92 Å². The maximum Gasteiger partial charge on any atom is 0.105 e. The van der Waals surface area contributed by atoms with E-state index < -0.39 is 5.60 Å². The minimum atomic E-state index is -0.648. The lowest BCUT2D eigenvalue weighted by molar-refractivity contribution is -0.117. The molecule has 120 valence electrons. The van der Waals surface area contributed by atoms with E-state index in [1.54, 1.807) is 0 Å². The van der Waals surface area contributed by atoms with Crippen LogP contribution in [0.5, 0.6) is 0 Å². The molecule has 0 saturated carbocycles. The van der Waals surface area contributed by atoms with E-state index in [1.165, 1.54) is 11.1 Å². The fourth-order valence-corrected chi connectivity index (χ4v) is 4.36. The number of fused-ring (bicyclic) bond motifs is 3. The second-order valence-corrected chi connectivity index (χ2v) is 7.23. The first-order valence-corrected chi connectivity index (χ1v) is 8.77. The lowest BCUT2D eigenvalue weighted by Crippen LogP contribution is -2.57. The summed E-state index contributed by atoms with van der Waals surface area (Å²) < 4.78 is 0. The molecule has 2 atom stereocenters. The monoisotopic (exact) mass is 307 g/mol. The van der Waals surface area contributed by atoms with E-state index in [9.17, 15) is 5.11 Å². The van der Waals surface area contributed by atoms with Crippen LogP contribution in [0.3, 0.4) is 0 Å². The Kier molecular flexibility index (Phi) is 3.74. The maximum absolute atomic E-state index is 11.2. The summed E-state index contributed by atoms with van der Waals surface area (Å²) >= 11 is 0. The van der Waals surface area contributed by atoms with Gasteiger partial charge in [-0.3, -0.25) is 0 Å². The summed E-state index contributed by atoms with van der Waals surface area (Å²) in [6, 6.07) is 19.3. The fourth-order valence-electron chi connectivity index (χ4n) is 4.36. The number of rotatable bonds is 3. The van der Waals surface area contributed by atoms with E-state index >= 15 is 0 Å². The number of nitrogens with zero attached hydrogens (tertiary/aromatic N) is 1. The summed E-state index contributed by atoms with van der Waals surface area (Å²) in [7, 11) is 0. The predicted octanol–water partition coefficient (Wildman–Crippen LogP) is 3.75. The van der Waals surface area contributed by atoms with E-state index in [0.717, 1.165) is 38.0 Å². The van der Waals surface area contributed by atoms with Crippen LogP contribution in [0.2, 0.25) is 0 Å². The van der Waals surface area contributed by atoms with Crippen molar-refractivity contribution in [2.45, 2.75) is 31.3 Å². The average molecular weight is 307 g/mol. The van der Waals surface area contributed by atoms with Crippen molar-refractivity contribution in [2.24, 2.45) is 5.92 Å². The molecule has 3 fully saturated rings. The van der Waals surface area contributed by atoms with E-state index in [-0.39, 0.29) is 0 Å². The highest BCUT2D eigenvalue weighted by Crippen LogP contribution is 2.42. The number of aliphatic hydroxyl groups is 1. The van der Waals surface area contributed by atoms with Crippen LogP contribution in [0.1, 0.15) is 42.4 Å². The minimum absolute atomic E-state index is 0.381. The van der Waals surface area contributed by atoms with Crippen LogP contribution in [0.4, 0.5) is 0 Å². The second kappa shape index (κ2) is 5.77. The first-order chi connectivity index (χ1) is 11.2. The molecular weight excluding hydrogens is 282 g/mol. The first kappa shape index (κ1) is 14.9. The Hall–Kier alpha value is -1.64. The quantitative estimate of drug-likeness (QED) is 0.933. The largest absolute Gasteiger partial charge is 0.384 e. The van der Waals surface area contributed by atoms with Crippen LogP contribution in [-0.2, 0) is 5.60 Å². The van der Waals surface area contributed by atoms with Gasteiger partial charge < -0.3 is 10.0 Å². The summed E-state index contributed by atoms with van der Waals surface area (Å²) in [4.78, 5) is 2.40. The van der Waals surface area contributed by atoms with Gasteiger partial charge in [-0.15, -0.1) is 0 Å². The Bertz CT molecular complexity index is 658. The van der Waals surface area contributed by atoms with Gasteiger partial charge >= 0.3 is 0 Å². The molecule has 3 saturated heterocycles. The molecule has 23 heavy (non-hydrogen) atoms. The highest BCUT2D eigenvalue weighted by Gasteiger charge is 2.46. The first-order valence-electron chi connectivity index (χ1n) is 8.77. The Morgan fingerprint density at radius 3 is 2.13 bits per heavy atom. The standard InChI is InChI=1S/C21H25NO/c1-16(17-5-3-2-4-6-17)18-7-9-19(10-8-18)21(23)15-22-13-11-20(21)12-14-22/h2-10,16,20,23H,11-15H2,1H3. The summed E-state index contributed by atoms with van der Waals surface area (Å²) in [5.41, 5.74) is 3.09. The van der Waals surface area contributed by atoms with Gasteiger partial charge in [0.05, 0.1) is 0 Å². The Morgan fingerprint density at radius 2 is 1.57 bits per heavy atom. The topological polar surface area (TPSA) is 23.5 Å². The number of hydrogen-bond acceptors (Lipinski definition) is 2. The molecule has 2 bridgehead atoms. The van der Waals surface area contributed by atoms with Crippen LogP contribution >= 0.6 is 0 Å². The van der Waals surface area contributed by atoms with Crippen molar-refractivity contribution in [3.05, 3.63) is 71.3 Å². The zero-order chi connectivity index (χ0) is 15.9. The molecule has 0 amide bonds. The molecule has 0 aromatic heterocycles. The van der Waals surface area contributed by atoms with Gasteiger partial charge in [-0.2, -0.15) is 0 Å². The third-order valence-corrected chi connectivity index (χ3v) is 5.94. The van der Waals surface area contributed by atoms with Gasteiger partial charge in [-0.05, 0) is 48.5 Å². The highest BCUT2D eigenvalue weighted by molar-refractivity contribution is 5.36. The molecule has 2 nitrogen and oxygen atoms in total. The van der Waals surface area contributed by atoms with E-state index in [0.29, 0.717) is 11.8 Å². The Labute approximate surface area is 138 Å². The normalized spacial score (nSPS) is 31.0. The molecule has 0 spiro atoms. The Morgan fingerprint density at radius 1 is 0.957 bits per heavy atom. The second-order valence-electron chi connectivity index (χ2n) is 7.23. The summed E-state index contributed by atoms with van der Waals surface area (Å²) in [5.74, 6) is 0.802. The van der Waals surface area contributed by atoms with Crippen molar-refractivity contribution in [1.29, 1.82) is 0 Å². The van der Waals surface area contributed by atoms with Crippen LogP contribution in [0.15, 0.2) is 54.6 Å². The maximum atomic E-state index is 11.2.